The van der Waals surface area contributed by atoms with Crippen molar-refractivity contribution in [2.45, 2.75) is 19.9 Å². The number of aryl methyl sites for hydroxylation is 1. The van der Waals surface area contributed by atoms with Crippen molar-refractivity contribution in [3.8, 4) is 0 Å². The minimum absolute atomic E-state index is 0.0506. The number of hydrogen-bond donors (Lipinski definition) is 1. The quantitative estimate of drug-likeness (QED) is 0.903. The van der Waals surface area contributed by atoms with Crippen LogP contribution in [0.1, 0.15) is 28.1 Å². The fraction of sp³-hybridized carbons (Fsp3) is 0.538. The van der Waals surface area contributed by atoms with Gasteiger partial charge in [-0.25, -0.2) is 4.98 Å². The Balaban J connectivity index is 1.52. The SMILES string of the molecule is CCc1nc(CN2CCN(C(=O)c3cn[nH]n3)CC2)cs1. The van der Waals surface area contributed by atoms with Gasteiger partial charge in [-0.2, -0.15) is 15.4 Å². The van der Waals surface area contributed by atoms with Crippen molar-refractivity contribution >= 4 is 17.2 Å². The van der Waals surface area contributed by atoms with Crippen molar-refractivity contribution in [2.75, 3.05) is 26.2 Å². The Kier molecular flexibility index (Phi) is 4.26. The second-order valence-electron chi connectivity index (χ2n) is 5.01. The number of aromatic amines is 1. The van der Waals surface area contributed by atoms with Gasteiger partial charge in [0.25, 0.3) is 5.91 Å². The summed E-state index contributed by atoms with van der Waals surface area (Å²) in [4.78, 5) is 20.9. The third-order valence-corrected chi connectivity index (χ3v) is 4.62. The molecule has 1 aliphatic heterocycles. The zero-order valence-corrected chi connectivity index (χ0v) is 12.8. The molecule has 3 heterocycles. The number of hydrogen-bond acceptors (Lipinski definition) is 6. The van der Waals surface area contributed by atoms with E-state index in [1.807, 2.05) is 4.90 Å². The highest BCUT2D eigenvalue weighted by Crippen LogP contribution is 2.14. The number of amides is 1. The maximum atomic E-state index is 12.1. The fourth-order valence-corrected chi connectivity index (χ4v) is 3.12. The van der Waals surface area contributed by atoms with Crippen molar-refractivity contribution in [1.82, 2.24) is 30.2 Å². The summed E-state index contributed by atoms with van der Waals surface area (Å²) < 4.78 is 0. The Morgan fingerprint density at radius 1 is 1.38 bits per heavy atom. The van der Waals surface area contributed by atoms with Gasteiger partial charge in [-0.15, -0.1) is 11.3 Å². The Morgan fingerprint density at radius 3 is 2.81 bits per heavy atom. The molecule has 1 saturated heterocycles. The van der Waals surface area contributed by atoms with E-state index in [1.54, 1.807) is 11.3 Å². The van der Waals surface area contributed by atoms with Gasteiger partial charge in [0, 0.05) is 38.1 Å². The first kappa shape index (κ1) is 14.2. The first-order valence-corrected chi connectivity index (χ1v) is 7.95. The summed E-state index contributed by atoms with van der Waals surface area (Å²) >= 11 is 1.72. The maximum Gasteiger partial charge on any atom is 0.276 e. The number of aromatic nitrogens is 4. The van der Waals surface area contributed by atoms with Crippen LogP contribution in [-0.4, -0.2) is 62.3 Å². The third-order valence-electron chi connectivity index (χ3n) is 3.58. The van der Waals surface area contributed by atoms with E-state index in [9.17, 15) is 4.79 Å². The largest absolute Gasteiger partial charge is 0.335 e. The molecule has 1 fully saturated rings. The molecule has 0 bridgehead atoms. The lowest BCUT2D eigenvalue weighted by Crippen LogP contribution is -2.48. The molecule has 1 amide bonds. The number of carbonyl (C=O) groups excluding carboxylic acids is 1. The summed E-state index contributed by atoms with van der Waals surface area (Å²) in [6, 6.07) is 0. The van der Waals surface area contributed by atoms with Gasteiger partial charge < -0.3 is 4.90 Å². The summed E-state index contributed by atoms with van der Waals surface area (Å²) in [5.41, 5.74) is 1.52. The molecular formula is C13H18N6OS. The molecule has 0 radical (unpaired) electrons. The van der Waals surface area contributed by atoms with Gasteiger partial charge >= 0.3 is 0 Å². The van der Waals surface area contributed by atoms with Gasteiger partial charge in [0.1, 0.15) is 0 Å². The topological polar surface area (TPSA) is 78.0 Å². The van der Waals surface area contributed by atoms with Crippen LogP contribution in [0.3, 0.4) is 0 Å². The second kappa shape index (κ2) is 6.31. The molecule has 1 N–H and O–H groups in total. The summed E-state index contributed by atoms with van der Waals surface area (Å²) in [6.07, 6.45) is 2.46. The third kappa shape index (κ3) is 3.27. The van der Waals surface area contributed by atoms with Gasteiger partial charge in [-0.1, -0.05) is 6.92 Å². The van der Waals surface area contributed by atoms with E-state index in [1.165, 1.54) is 11.2 Å². The molecule has 3 rings (SSSR count). The number of H-pyrrole nitrogens is 1. The second-order valence-corrected chi connectivity index (χ2v) is 5.95. The molecule has 21 heavy (non-hydrogen) atoms. The first-order valence-electron chi connectivity index (χ1n) is 7.07. The van der Waals surface area contributed by atoms with E-state index in [4.69, 9.17) is 0 Å². The molecule has 0 aromatic carbocycles. The number of nitrogens with zero attached hydrogens (tertiary/aromatic N) is 5. The van der Waals surface area contributed by atoms with Gasteiger partial charge in [0.2, 0.25) is 0 Å². The van der Waals surface area contributed by atoms with Crippen molar-refractivity contribution in [2.24, 2.45) is 0 Å². The van der Waals surface area contributed by atoms with Crippen LogP contribution in [0, 0.1) is 0 Å². The minimum Gasteiger partial charge on any atom is -0.335 e. The molecule has 0 saturated carbocycles. The number of thiazole rings is 1. The van der Waals surface area contributed by atoms with Crippen molar-refractivity contribution < 1.29 is 4.79 Å². The monoisotopic (exact) mass is 306 g/mol. The Labute approximate surface area is 127 Å². The summed E-state index contributed by atoms with van der Waals surface area (Å²) in [6.45, 7) is 6.15. The predicted molar refractivity (Wildman–Crippen MR) is 79.1 cm³/mol. The Morgan fingerprint density at radius 2 is 2.19 bits per heavy atom. The van der Waals surface area contributed by atoms with Crippen LogP contribution < -0.4 is 0 Å². The summed E-state index contributed by atoms with van der Waals surface area (Å²) in [7, 11) is 0. The van der Waals surface area contributed by atoms with Gasteiger partial charge in [0.05, 0.1) is 16.9 Å². The zero-order chi connectivity index (χ0) is 14.7. The Bertz CT molecular complexity index is 588. The van der Waals surface area contributed by atoms with E-state index in [0.717, 1.165) is 44.8 Å². The molecule has 1 aliphatic rings. The lowest BCUT2D eigenvalue weighted by molar-refractivity contribution is 0.0621. The van der Waals surface area contributed by atoms with Crippen LogP contribution >= 0.6 is 11.3 Å². The van der Waals surface area contributed by atoms with Crippen molar-refractivity contribution in [3.05, 3.63) is 28.0 Å². The van der Waals surface area contributed by atoms with Gasteiger partial charge in [-0.05, 0) is 6.42 Å². The number of nitrogens with one attached hydrogen (secondary N) is 1. The van der Waals surface area contributed by atoms with E-state index in [2.05, 4.69) is 37.6 Å². The average molecular weight is 306 g/mol. The summed E-state index contributed by atoms with van der Waals surface area (Å²) in [5.74, 6) is -0.0506. The molecule has 0 spiro atoms. The maximum absolute atomic E-state index is 12.1. The van der Waals surface area contributed by atoms with Crippen molar-refractivity contribution in [3.63, 3.8) is 0 Å². The Hall–Kier alpha value is -1.80. The van der Waals surface area contributed by atoms with E-state index >= 15 is 0 Å². The zero-order valence-electron chi connectivity index (χ0n) is 11.9. The first-order chi connectivity index (χ1) is 10.3. The molecule has 0 aliphatic carbocycles. The highest BCUT2D eigenvalue weighted by molar-refractivity contribution is 7.09. The minimum atomic E-state index is -0.0506. The normalized spacial score (nSPS) is 16.3. The average Bonchev–Trinajstić information content (AvgIpc) is 3.19. The molecular weight excluding hydrogens is 288 g/mol. The smallest absolute Gasteiger partial charge is 0.276 e. The van der Waals surface area contributed by atoms with Gasteiger partial charge in [-0.3, -0.25) is 9.69 Å². The molecule has 7 nitrogen and oxygen atoms in total. The number of piperazine rings is 1. The predicted octanol–water partition coefficient (Wildman–Crippen LogP) is 0.782. The van der Waals surface area contributed by atoms with Crippen LogP contribution in [0.25, 0.3) is 0 Å². The standard InChI is InChI=1S/C13H18N6OS/c1-2-12-15-10(9-21-12)8-18-3-5-19(6-4-18)13(20)11-7-14-17-16-11/h7,9H,2-6,8H2,1H3,(H,14,16,17). The summed E-state index contributed by atoms with van der Waals surface area (Å²) in [5, 5.41) is 13.3. The molecule has 2 aromatic heterocycles. The van der Waals surface area contributed by atoms with Crippen LogP contribution in [0.4, 0.5) is 0 Å². The van der Waals surface area contributed by atoms with Crippen LogP contribution in [0.15, 0.2) is 11.6 Å². The van der Waals surface area contributed by atoms with E-state index in [-0.39, 0.29) is 5.91 Å². The number of carbonyl (C=O) groups is 1. The highest BCUT2D eigenvalue weighted by atomic mass is 32.1. The van der Waals surface area contributed by atoms with Crippen molar-refractivity contribution in [1.29, 1.82) is 0 Å². The number of rotatable bonds is 4. The molecule has 8 heteroatoms. The van der Waals surface area contributed by atoms with E-state index in [0.29, 0.717) is 5.69 Å². The van der Waals surface area contributed by atoms with Gasteiger partial charge in [0.15, 0.2) is 5.69 Å². The van der Waals surface area contributed by atoms with Crippen LogP contribution in [0.5, 0.6) is 0 Å². The highest BCUT2D eigenvalue weighted by Gasteiger charge is 2.23. The lowest BCUT2D eigenvalue weighted by Gasteiger charge is -2.33. The van der Waals surface area contributed by atoms with Crippen LogP contribution in [-0.2, 0) is 13.0 Å². The fourth-order valence-electron chi connectivity index (χ4n) is 2.39. The lowest BCUT2D eigenvalue weighted by atomic mass is 10.2. The van der Waals surface area contributed by atoms with E-state index < -0.39 is 0 Å². The van der Waals surface area contributed by atoms with Crippen LogP contribution in [0.2, 0.25) is 0 Å². The molecule has 0 atom stereocenters. The molecule has 112 valence electrons. The molecule has 2 aromatic rings. The molecule has 0 unspecified atom stereocenters.